The van der Waals surface area contributed by atoms with Crippen LogP contribution in [0.5, 0.6) is 0 Å². The number of likely N-dealkylation sites (tertiary alicyclic amines) is 1. The molecule has 1 N–H and O–H groups in total. The minimum Gasteiger partial charge on any atom is -0.481 e. The molecule has 0 spiro atoms. The summed E-state index contributed by atoms with van der Waals surface area (Å²) in [4.78, 5) is 26.0. The first-order chi connectivity index (χ1) is 9.89. The molecule has 1 amide bonds. The molecule has 0 aromatic heterocycles. The molecule has 1 aromatic rings. The van der Waals surface area contributed by atoms with E-state index < -0.39 is 16.8 Å². The first-order valence-corrected chi connectivity index (χ1v) is 7.48. The first-order valence-electron chi connectivity index (χ1n) is 7.48. The second kappa shape index (κ2) is 4.58. The van der Waals surface area contributed by atoms with Crippen molar-refractivity contribution in [1.29, 1.82) is 0 Å². The molecule has 112 valence electrons. The predicted molar refractivity (Wildman–Crippen MR) is 79.0 cm³/mol. The number of aryl methyl sites for hydroxylation is 1. The molecule has 0 bridgehead atoms. The van der Waals surface area contributed by atoms with E-state index in [9.17, 15) is 14.7 Å². The third-order valence-electron chi connectivity index (χ3n) is 5.10. The molecule has 0 radical (unpaired) electrons. The lowest BCUT2D eigenvalue weighted by Crippen LogP contribution is -2.40. The van der Waals surface area contributed by atoms with E-state index in [0.717, 1.165) is 24.0 Å². The van der Waals surface area contributed by atoms with E-state index in [2.05, 4.69) is 0 Å². The summed E-state index contributed by atoms with van der Waals surface area (Å²) < 4.78 is 0. The van der Waals surface area contributed by atoms with Crippen LogP contribution in [-0.4, -0.2) is 35.0 Å². The van der Waals surface area contributed by atoms with E-state index in [-0.39, 0.29) is 5.91 Å². The van der Waals surface area contributed by atoms with E-state index in [1.165, 1.54) is 0 Å². The van der Waals surface area contributed by atoms with Crippen LogP contribution in [0.3, 0.4) is 0 Å². The second-order valence-corrected chi connectivity index (χ2v) is 6.74. The third-order valence-corrected chi connectivity index (χ3v) is 5.10. The van der Waals surface area contributed by atoms with Crippen LogP contribution in [-0.2, 0) is 15.0 Å². The van der Waals surface area contributed by atoms with Crippen molar-refractivity contribution in [3.8, 4) is 0 Å². The highest BCUT2D eigenvalue weighted by Gasteiger charge is 2.55. The molecule has 1 saturated heterocycles. The SMILES string of the molecule is Cc1ccccc1C1(C(=O)N2CC[C@](C)(C(=O)O)C2)CC1. The van der Waals surface area contributed by atoms with Crippen LogP contribution in [0.1, 0.15) is 37.3 Å². The number of carboxylic acids is 1. The number of amides is 1. The van der Waals surface area contributed by atoms with Gasteiger partial charge in [-0.25, -0.2) is 0 Å². The van der Waals surface area contributed by atoms with Gasteiger partial charge in [0.05, 0.1) is 10.8 Å². The highest BCUT2D eigenvalue weighted by atomic mass is 16.4. The van der Waals surface area contributed by atoms with Gasteiger partial charge in [0.25, 0.3) is 0 Å². The van der Waals surface area contributed by atoms with Crippen LogP contribution in [0.15, 0.2) is 24.3 Å². The number of rotatable bonds is 3. The van der Waals surface area contributed by atoms with E-state index >= 15 is 0 Å². The average Bonchev–Trinajstić information content (AvgIpc) is 3.15. The van der Waals surface area contributed by atoms with Gasteiger partial charge < -0.3 is 10.0 Å². The smallest absolute Gasteiger partial charge is 0.311 e. The third kappa shape index (κ3) is 2.13. The second-order valence-electron chi connectivity index (χ2n) is 6.74. The zero-order valence-corrected chi connectivity index (χ0v) is 12.6. The van der Waals surface area contributed by atoms with Crippen molar-refractivity contribution >= 4 is 11.9 Å². The van der Waals surface area contributed by atoms with Gasteiger partial charge in [0.1, 0.15) is 0 Å². The largest absolute Gasteiger partial charge is 0.481 e. The van der Waals surface area contributed by atoms with E-state index in [4.69, 9.17) is 0 Å². The van der Waals surface area contributed by atoms with Crippen LogP contribution in [0.25, 0.3) is 0 Å². The molecule has 1 saturated carbocycles. The Morgan fingerprint density at radius 2 is 1.86 bits per heavy atom. The molecule has 21 heavy (non-hydrogen) atoms. The van der Waals surface area contributed by atoms with Crippen molar-refractivity contribution in [2.24, 2.45) is 5.41 Å². The molecule has 1 atom stereocenters. The molecule has 2 aliphatic rings. The maximum Gasteiger partial charge on any atom is 0.311 e. The summed E-state index contributed by atoms with van der Waals surface area (Å²) in [5.74, 6) is -0.694. The predicted octanol–water partition coefficient (Wildman–Crippen LogP) is 2.35. The lowest BCUT2D eigenvalue weighted by atomic mass is 9.89. The van der Waals surface area contributed by atoms with Crippen LogP contribution in [0.2, 0.25) is 0 Å². The Hall–Kier alpha value is -1.84. The highest BCUT2D eigenvalue weighted by molar-refractivity contribution is 5.92. The number of nitrogens with zero attached hydrogens (tertiary/aromatic N) is 1. The lowest BCUT2D eigenvalue weighted by molar-refractivity contribution is -0.147. The number of hydrogen-bond acceptors (Lipinski definition) is 2. The Bertz CT molecular complexity index is 606. The van der Waals surface area contributed by atoms with Gasteiger partial charge in [-0.1, -0.05) is 24.3 Å². The van der Waals surface area contributed by atoms with Gasteiger partial charge >= 0.3 is 5.97 Å². The Morgan fingerprint density at radius 1 is 1.19 bits per heavy atom. The van der Waals surface area contributed by atoms with Gasteiger partial charge in [0, 0.05) is 13.1 Å². The molecule has 1 aliphatic heterocycles. The zero-order chi connectivity index (χ0) is 15.3. The lowest BCUT2D eigenvalue weighted by Gasteiger charge is -2.26. The van der Waals surface area contributed by atoms with Crippen molar-refractivity contribution < 1.29 is 14.7 Å². The molecule has 1 aliphatic carbocycles. The van der Waals surface area contributed by atoms with Crippen molar-refractivity contribution in [1.82, 2.24) is 4.90 Å². The molecule has 1 aromatic carbocycles. The van der Waals surface area contributed by atoms with Crippen molar-refractivity contribution in [3.05, 3.63) is 35.4 Å². The number of carbonyl (C=O) groups is 2. The van der Waals surface area contributed by atoms with Crippen molar-refractivity contribution in [3.63, 3.8) is 0 Å². The normalized spacial score (nSPS) is 26.7. The summed E-state index contributed by atoms with van der Waals surface area (Å²) in [6.07, 6.45) is 2.28. The van der Waals surface area contributed by atoms with E-state index in [0.29, 0.717) is 19.5 Å². The standard InChI is InChI=1S/C17H21NO3/c1-12-5-3-4-6-13(12)17(7-8-17)14(19)18-10-9-16(2,11-18)15(20)21/h3-6H,7-11H2,1-2H3,(H,20,21)/t16-/m0/s1. The number of carbonyl (C=O) groups excluding carboxylic acids is 1. The maximum absolute atomic E-state index is 12.9. The topological polar surface area (TPSA) is 57.6 Å². The van der Waals surface area contributed by atoms with Crippen LogP contribution < -0.4 is 0 Å². The fraction of sp³-hybridized carbons (Fsp3) is 0.529. The minimum absolute atomic E-state index is 0.113. The Morgan fingerprint density at radius 3 is 2.38 bits per heavy atom. The quantitative estimate of drug-likeness (QED) is 0.928. The van der Waals surface area contributed by atoms with Crippen molar-refractivity contribution in [2.45, 2.75) is 38.5 Å². The molecule has 4 nitrogen and oxygen atoms in total. The summed E-state index contributed by atoms with van der Waals surface area (Å²) in [6.45, 7) is 4.65. The van der Waals surface area contributed by atoms with Gasteiger partial charge in [0.15, 0.2) is 0 Å². The fourth-order valence-electron chi connectivity index (χ4n) is 3.44. The summed E-state index contributed by atoms with van der Waals surface area (Å²) >= 11 is 0. The maximum atomic E-state index is 12.9. The molecule has 4 heteroatoms. The first kappa shape index (κ1) is 14.1. The van der Waals surface area contributed by atoms with Crippen molar-refractivity contribution in [2.75, 3.05) is 13.1 Å². The van der Waals surface area contributed by atoms with Gasteiger partial charge in [-0.15, -0.1) is 0 Å². The summed E-state index contributed by atoms with van der Waals surface area (Å²) in [7, 11) is 0. The van der Waals surface area contributed by atoms with Gasteiger partial charge in [-0.3, -0.25) is 9.59 Å². The van der Waals surface area contributed by atoms with Gasteiger partial charge in [-0.05, 0) is 44.2 Å². The Labute approximate surface area is 124 Å². The molecule has 0 unspecified atom stereocenters. The Balaban J connectivity index is 1.84. The summed E-state index contributed by atoms with van der Waals surface area (Å²) in [5.41, 5.74) is 1.06. The monoisotopic (exact) mass is 287 g/mol. The van der Waals surface area contributed by atoms with Gasteiger partial charge in [0.2, 0.25) is 5.91 Å². The zero-order valence-electron chi connectivity index (χ0n) is 12.6. The van der Waals surface area contributed by atoms with Crippen LogP contribution >= 0.6 is 0 Å². The molecule has 3 rings (SSSR count). The minimum atomic E-state index is -0.807. The van der Waals surface area contributed by atoms with E-state index in [1.54, 1.807) is 11.8 Å². The molecular formula is C17H21NO3. The number of carboxylic acid groups (broad SMARTS) is 1. The molecule has 1 heterocycles. The Kier molecular flexibility index (Phi) is 3.08. The summed E-state index contributed by atoms with van der Waals surface area (Å²) in [6, 6.07) is 8.03. The fourth-order valence-corrected chi connectivity index (χ4v) is 3.44. The number of aliphatic carboxylic acids is 1. The van der Waals surface area contributed by atoms with E-state index in [1.807, 2.05) is 31.2 Å². The van der Waals surface area contributed by atoms with Crippen LogP contribution in [0, 0.1) is 12.3 Å². The molecule has 2 fully saturated rings. The average molecular weight is 287 g/mol. The van der Waals surface area contributed by atoms with Crippen LogP contribution in [0.4, 0.5) is 0 Å². The number of hydrogen-bond donors (Lipinski definition) is 1. The number of benzene rings is 1. The summed E-state index contributed by atoms with van der Waals surface area (Å²) in [5, 5.41) is 9.31. The molecular weight excluding hydrogens is 266 g/mol. The van der Waals surface area contributed by atoms with Gasteiger partial charge in [-0.2, -0.15) is 0 Å². The highest BCUT2D eigenvalue weighted by Crippen LogP contribution is 2.51.